The number of esters is 1. The molecule has 23 heavy (non-hydrogen) atoms. The molecule has 6 heteroatoms. The highest BCUT2D eigenvalue weighted by Gasteiger charge is 2.10. The summed E-state index contributed by atoms with van der Waals surface area (Å²) in [7, 11) is 0. The quantitative estimate of drug-likeness (QED) is 0.640. The van der Waals surface area contributed by atoms with Crippen LogP contribution in [0.5, 0.6) is 0 Å². The zero-order valence-corrected chi connectivity index (χ0v) is 14.1. The molecular weight excluding hydrogens is 334 g/mol. The number of amides is 1. The fraction of sp³-hybridized carbons (Fsp3) is 0.176. The van der Waals surface area contributed by atoms with E-state index in [4.69, 9.17) is 16.3 Å². The van der Waals surface area contributed by atoms with Gasteiger partial charge in [0.2, 0.25) is 0 Å². The highest BCUT2D eigenvalue weighted by Crippen LogP contribution is 2.15. The maximum atomic E-state index is 11.8. The van der Waals surface area contributed by atoms with Crippen LogP contribution in [-0.2, 0) is 16.1 Å². The van der Waals surface area contributed by atoms with Gasteiger partial charge in [0.1, 0.15) is 0 Å². The second-order valence-electron chi connectivity index (χ2n) is 4.71. The number of ether oxygens (including phenoxy) is 1. The second-order valence-corrected chi connectivity index (χ2v) is 6.02. The molecule has 120 valence electrons. The number of hydrogen-bond donors (Lipinski definition) is 1. The van der Waals surface area contributed by atoms with E-state index in [0.29, 0.717) is 17.1 Å². The Labute approximate surface area is 144 Å². The second kappa shape index (κ2) is 8.60. The number of carbonyl (C=O) groups is 2. The Morgan fingerprint density at radius 1 is 1.09 bits per heavy atom. The summed E-state index contributed by atoms with van der Waals surface area (Å²) in [6, 6.07) is 14.2. The van der Waals surface area contributed by atoms with Crippen LogP contribution in [0.25, 0.3) is 0 Å². The summed E-state index contributed by atoms with van der Waals surface area (Å²) >= 11 is 7.38. The Hall–Kier alpha value is -1.98. The Balaban J connectivity index is 1.76. The van der Waals surface area contributed by atoms with Crippen molar-refractivity contribution in [2.75, 3.05) is 12.9 Å². The van der Waals surface area contributed by atoms with E-state index in [0.717, 1.165) is 10.5 Å². The number of nitrogens with one attached hydrogen (secondary N) is 1. The molecular formula is C17H16ClNO3S. The molecule has 0 aromatic heterocycles. The molecule has 2 rings (SSSR count). The maximum absolute atomic E-state index is 11.8. The molecule has 0 aliphatic heterocycles. The Bertz CT molecular complexity index is 671. The third kappa shape index (κ3) is 5.62. The van der Waals surface area contributed by atoms with Crippen molar-refractivity contribution in [2.24, 2.45) is 0 Å². The highest BCUT2D eigenvalue weighted by atomic mass is 35.5. The van der Waals surface area contributed by atoms with Crippen LogP contribution in [0.1, 0.15) is 15.9 Å². The van der Waals surface area contributed by atoms with E-state index in [2.05, 4.69) is 5.32 Å². The molecule has 0 spiro atoms. The standard InChI is InChI=1S/C17H16ClNO3S/c1-23-15-8-4-13(5-9-15)17(21)22-11-16(20)19-10-12-2-6-14(18)7-3-12/h2-9H,10-11H2,1H3,(H,19,20). The van der Waals surface area contributed by atoms with Gasteiger partial charge in [-0.2, -0.15) is 0 Å². The topological polar surface area (TPSA) is 55.4 Å². The molecule has 0 saturated carbocycles. The smallest absolute Gasteiger partial charge is 0.338 e. The molecule has 2 aromatic carbocycles. The van der Waals surface area contributed by atoms with Crippen molar-refractivity contribution < 1.29 is 14.3 Å². The molecule has 0 bridgehead atoms. The zero-order valence-electron chi connectivity index (χ0n) is 12.5. The normalized spacial score (nSPS) is 10.2. The molecule has 0 aliphatic carbocycles. The van der Waals surface area contributed by atoms with Crippen molar-refractivity contribution in [2.45, 2.75) is 11.4 Å². The summed E-state index contributed by atoms with van der Waals surface area (Å²) in [6.07, 6.45) is 1.96. The Morgan fingerprint density at radius 3 is 2.35 bits per heavy atom. The molecule has 0 fully saturated rings. The fourth-order valence-corrected chi connectivity index (χ4v) is 2.33. The first-order chi connectivity index (χ1) is 11.1. The number of carbonyl (C=O) groups excluding carboxylic acids is 2. The minimum Gasteiger partial charge on any atom is -0.452 e. The van der Waals surface area contributed by atoms with E-state index in [1.54, 1.807) is 36.0 Å². The molecule has 0 radical (unpaired) electrons. The first-order valence-corrected chi connectivity index (χ1v) is 8.51. The molecule has 2 aromatic rings. The number of hydrogen-bond acceptors (Lipinski definition) is 4. The van der Waals surface area contributed by atoms with Gasteiger partial charge < -0.3 is 10.1 Å². The van der Waals surface area contributed by atoms with Crippen molar-refractivity contribution in [3.63, 3.8) is 0 Å². The number of halogens is 1. The predicted molar refractivity (Wildman–Crippen MR) is 91.8 cm³/mol. The van der Waals surface area contributed by atoms with Crippen LogP contribution < -0.4 is 5.32 Å². The van der Waals surface area contributed by atoms with Crippen molar-refractivity contribution in [3.8, 4) is 0 Å². The monoisotopic (exact) mass is 349 g/mol. The molecule has 0 unspecified atom stereocenters. The largest absolute Gasteiger partial charge is 0.452 e. The van der Waals surface area contributed by atoms with Crippen LogP contribution in [-0.4, -0.2) is 24.7 Å². The molecule has 0 saturated heterocycles. The molecule has 1 N–H and O–H groups in total. The third-order valence-electron chi connectivity index (χ3n) is 3.06. The van der Waals surface area contributed by atoms with E-state index in [1.165, 1.54) is 0 Å². The Kier molecular flexibility index (Phi) is 6.50. The minimum atomic E-state index is -0.515. The summed E-state index contributed by atoms with van der Waals surface area (Å²) < 4.78 is 4.99. The number of thioether (sulfide) groups is 1. The van der Waals surface area contributed by atoms with E-state index < -0.39 is 5.97 Å². The average Bonchev–Trinajstić information content (AvgIpc) is 2.59. The van der Waals surface area contributed by atoms with Gasteiger partial charge >= 0.3 is 5.97 Å². The molecule has 0 heterocycles. The molecule has 1 amide bonds. The summed E-state index contributed by atoms with van der Waals surface area (Å²) in [4.78, 5) is 24.6. The van der Waals surface area contributed by atoms with Crippen LogP contribution >= 0.6 is 23.4 Å². The summed E-state index contributed by atoms with van der Waals surface area (Å²) in [6.45, 7) is 0.0483. The van der Waals surface area contributed by atoms with Crippen LogP contribution in [0.15, 0.2) is 53.4 Å². The van der Waals surface area contributed by atoms with Crippen molar-refractivity contribution in [3.05, 3.63) is 64.7 Å². The van der Waals surface area contributed by atoms with Gasteiger partial charge in [-0.15, -0.1) is 11.8 Å². The summed E-state index contributed by atoms with van der Waals surface area (Å²) in [5.74, 6) is -0.867. The lowest BCUT2D eigenvalue weighted by molar-refractivity contribution is -0.124. The number of rotatable bonds is 6. The summed E-state index contributed by atoms with van der Waals surface area (Å²) in [5, 5.41) is 3.32. The van der Waals surface area contributed by atoms with Gasteiger partial charge in [0.25, 0.3) is 5.91 Å². The van der Waals surface area contributed by atoms with Gasteiger partial charge in [-0.25, -0.2) is 4.79 Å². The molecule has 4 nitrogen and oxygen atoms in total. The van der Waals surface area contributed by atoms with Gasteiger partial charge in [0.15, 0.2) is 6.61 Å². The molecule has 0 aliphatic rings. The lowest BCUT2D eigenvalue weighted by Gasteiger charge is -2.07. The zero-order chi connectivity index (χ0) is 16.7. The van der Waals surface area contributed by atoms with Gasteiger partial charge in [0.05, 0.1) is 5.56 Å². The van der Waals surface area contributed by atoms with Gasteiger partial charge in [-0.05, 0) is 48.2 Å². The predicted octanol–water partition coefficient (Wildman–Crippen LogP) is 3.54. The van der Waals surface area contributed by atoms with Crippen molar-refractivity contribution in [1.29, 1.82) is 0 Å². The Morgan fingerprint density at radius 2 is 1.74 bits per heavy atom. The van der Waals surface area contributed by atoms with Crippen molar-refractivity contribution >= 4 is 35.2 Å². The van der Waals surface area contributed by atoms with Crippen LogP contribution in [0, 0.1) is 0 Å². The van der Waals surface area contributed by atoms with Gasteiger partial charge in [-0.3, -0.25) is 4.79 Å². The lowest BCUT2D eigenvalue weighted by atomic mass is 10.2. The third-order valence-corrected chi connectivity index (χ3v) is 4.06. The summed E-state index contributed by atoms with van der Waals surface area (Å²) in [5.41, 5.74) is 1.34. The van der Waals surface area contributed by atoms with Gasteiger partial charge in [-0.1, -0.05) is 23.7 Å². The number of benzene rings is 2. The first-order valence-electron chi connectivity index (χ1n) is 6.91. The molecule has 0 atom stereocenters. The van der Waals surface area contributed by atoms with Crippen LogP contribution in [0.2, 0.25) is 5.02 Å². The minimum absolute atomic E-state index is 0.309. The van der Waals surface area contributed by atoms with Gasteiger partial charge in [0, 0.05) is 16.5 Å². The van der Waals surface area contributed by atoms with E-state index in [1.807, 2.05) is 30.5 Å². The van der Waals surface area contributed by atoms with E-state index in [-0.39, 0.29) is 12.5 Å². The fourth-order valence-electron chi connectivity index (χ4n) is 1.80. The van der Waals surface area contributed by atoms with Crippen LogP contribution in [0.4, 0.5) is 0 Å². The van der Waals surface area contributed by atoms with E-state index in [9.17, 15) is 9.59 Å². The van der Waals surface area contributed by atoms with E-state index >= 15 is 0 Å². The van der Waals surface area contributed by atoms with Crippen molar-refractivity contribution in [1.82, 2.24) is 5.32 Å². The van der Waals surface area contributed by atoms with Crippen LogP contribution in [0.3, 0.4) is 0 Å². The maximum Gasteiger partial charge on any atom is 0.338 e. The highest BCUT2D eigenvalue weighted by molar-refractivity contribution is 7.98. The first kappa shape index (κ1) is 17.4. The lowest BCUT2D eigenvalue weighted by Crippen LogP contribution is -2.28. The SMILES string of the molecule is CSc1ccc(C(=O)OCC(=O)NCc2ccc(Cl)cc2)cc1. The average molecular weight is 350 g/mol.